The Bertz CT molecular complexity index is 1650. The Morgan fingerprint density at radius 3 is 0.980 bits per heavy atom. The number of hydrogen-bond donors (Lipinski definition) is 0. The summed E-state index contributed by atoms with van der Waals surface area (Å²) < 4.78 is 45.1. The van der Waals surface area contributed by atoms with Crippen LogP contribution in [-0.2, 0) is 0 Å². The highest BCUT2D eigenvalue weighted by molar-refractivity contribution is 6.28. The Morgan fingerprint density at radius 2 is 0.627 bits per heavy atom. The first-order valence-electron chi connectivity index (χ1n) is 20.0. The molecule has 0 fully saturated rings. The lowest BCUT2D eigenvalue weighted by Crippen LogP contribution is -2.05. The highest BCUT2D eigenvalue weighted by atomic mass is 16.5. The van der Waals surface area contributed by atoms with Gasteiger partial charge in [0.2, 0.25) is 5.75 Å². The minimum atomic E-state index is 0.472. The minimum Gasteiger partial charge on any atom is -0.490 e. The molecule has 0 amide bonds. The smallest absolute Gasteiger partial charge is 0.204 e. The maximum atomic E-state index is 6.52. The van der Waals surface area contributed by atoms with E-state index in [4.69, 9.17) is 33.2 Å². The van der Waals surface area contributed by atoms with Crippen LogP contribution in [0.1, 0.15) is 126 Å². The zero-order valence-electron chi connectivity index (χ0n) is 32.7. The fourth-order valence-corrected chi connectivity index (χ4v) is 6.51. The number of ether oxygens (including phenoxy) is 7. The molecule has 0 aliphatic rings. The van der Waals surface area contributed by atoms with Gasteiger partial charge < -0.3 is 33.2 Å². The summed E-state index contributed by atoms with van der Waals surface area (Å²) in [6.07, 6.45) is 13.0. The average molecular weight is 705 g/mol. The molecule has 0 heterocycles. The molecule has 0 spiro atoms. The summed E-state index contributed by atoms with van der Waals surface area (Å²) in [5.41, 5.74) is 0. The Hall–Kier alpha value is -3.74. The zero-order valence-corrected chi connectivity index (χ0v) is 32.7. The molecule has 0 saturated carbocycles. The van der Waals surface area contributed by atoms with Crippen LogP contribution in [0.5, 0.6) is 40.2 Å². The Morgan fingerprint density at radius 1 is 0.314 bits per heavy atom. The molecule has 0 saturated heterocycles. The predicted octanol–water partition coefficient (Wildman–Crippen LogP) is 12.6. The predicted molar refractivity (Wildman–Crippen MR) is 213 cm³/mol. The van der Waals surface area contributed by atoms with Gasteiger partial charge in [0.15, 0.2) is 34.5 Å². The van der Waals surface area contributed by atoms with E-state index in [1.807, 2.05) is 20.8 Å². The number of hydrogen-bond acceptors (Lipinski definition) is 7. The summed E-state index contributed by atoms with van der Waals surface area (Å²) in [4.78, 5) is 0. The quantitative estimate of drug-likeness (QED) is 0.0476. The van der Waals surface area contributed by atoms with Crippen molar-refractivity contribution in [2.75, 3.05) is 46.2 Å². The third-order valence-corrected chi connectivity index (χ3v) is 9.12. The molecule has 4 aromatic rings. The van der Waals surface area contributed by atoms with E-state index in [0.717, 1.165) is 132 Å². The molecule has 0 N–H and O–H groups in total. The van der Waals surface area contributed by atoms with Crippen LogP contribution in [-0.4, -0.2) is 46.2 Å². The van der Waals surface area contributed by atoms with Gasteiger partial charge in [-0.2, -0.15) is 0 Å². The maximum absolute atomic E-state index is 6.52. The Labute approximate surface area is 307 Å². The van der Waals surface area contributed by atoms with E-state index in [0.29, 0.717) is 63.5 Å². The van der Waals surface area contributed by atoms with Crippen LogP contribution in [0.2, 0.25) is 0 Å². The van der Waals surface area contributed by atoms with Crippen LogP contribution < -0.4 is 33.2 Å². The molecule has 0 unspecified atom stereocenters. The van der Waals surface area contributed by atoms with E-state index in [2.05, 4.69) is 58.0 Å². The molecule has 4 aromatic carbocycles. The molecule has 51 heavy (non-hydrogen) atoms. The van der Waals surface area contributed by atoms with E-state index in [9.17, 15) is 0 Å². The SMILES string of the molecule is CCCCCOc1cc2c3cc(OCCCCC)c(OCCCCC)cc3c3c(OCC)c(OCC)c(OCC)cc3c2cc1OCCCCC. The van der Waals surface area contributed by atoms with Crippen LogP contribution >= 0.6 is 0 Å². The molecular formula is C44H64O7. The van der Waals surface area contributed by atoms with E-state index in [1.165, 1.54) is 0 Å². The van der Waals surface area contributed by atoms with Crippen LogP contribution in [0.4, 0.5) is 0 Å². The molecule has 7 heteroatoms. The van der Waals surface area contributed by atoms with Crippen molar-refractivity contribution in [3.05, 3.63) is 30.3 Å². The third kappa shape index (κ3) is 10.4. The van der Waals surface area contributed by atoms with Gasteiger partial charge in [0.25, 0.3) is 0 Å². The normalized spacial score (nSPS) is 11.4. The molecule has 0 atom stereocenters. The second kappa shape index (κ2) is 21.6. The van der Waals surface area contributed by atoms with E-state index >= 15 is 0 Å². The maximum Gasteiger partial charge on any atom is 0.204 e. The second-order valence-electron chi connectivity index (χ2n) is 13.2. The summed E-state index contributed by atoms with van der Waals surface area (Å²) >= 11 is 0. The highest BCUT2D eigenvalue weighted by Crippen LogP contribution is 2.52. The molecule has 4 rings (SSSR count). The van der Waals surface area contributed by atoms with E-state index in [1.54, 1.807) is 0 Å². The standard InChI is InChI=1S/C44H64O7/c1-8-15-19-23-48-37-27-32-33-28-39(50-25-21-17-10-3)40(51-26-22-18-11-4)30-35(33)42-36(34(32)29-38(37)49-24-20-16-9-2)31-41(45-12-5)43(46-13-6)44(42)47-14-7/h27-31H,8-26H2,1-7H3. The first-order chi connectivity index (χ1) is 25.1. The van der Waals surface area contributed by atoms with Crippen molar-refractivity contribution < 1.29 is 33.2 Å². The van der Waals surface area contributed by atoms with Crippen molar-refractivity contribution in [2.45, 2.75) is 126 Å². The number of benzene rings is 4. The summed E-state index contributed by atoms with van der Waals surface area (Å²) in [6.45, 7) is 18.8. The number of rotatable bonds is 26. The molecular weight excluding hydrogens is 640 g/mol. The van der Waals surface area contributed by atoms with Gasteiger partial charge in [-0.15, -0.1) is 0 Å². The molecule has 0 aromatic heterocycles. The average Bonchev–Trinajstić information content (AvgIpc) is 3.13. The van der Waals surface area contributed by atoms with E-state index < -0.39 is 0 Å². The van der Waals surface area contributed by atoms with Gasteiger partial charge in [-0.1, -0.05) is 79.1 Å². The van der Waals surface area contributed by atoms with Gasteiger partial charge in [0, 0.05) is 5.39 Å². The van der Waals surface area contributed by atoms with Crippen LogP contribution in [0.15, 0.2) is 30.3 Å². The first kappa shape index (κ1) is 40.0. The van der Waals surface area contributed by atoms with Crippen molar-refractivity contribution in [1.82, 2.24) is 0 Å². The van der Waals surface area contributed by atoms with Gasteiger partial charge in [-0.05, 0) is 104 Å². The minimum absolute atomic E-state index is 0.472. The highest BCUT2D eigenvalue weighted by Gasteiger charge is 2.25. The summed E-state index contributed by atoms with van der Waals surface area (Å²) in [5, 5.41) is 6.07. The number of unbranched alkanes of at least 4 members (excludes halogenated alkanes) is 8. The van der Waals surface area contributed by atoms with Crippen LogP contribution in [0, 0.1) is 0 Å². The van der Waals surface area contributed by atoms with Crippen molar-refractivity contribution >= 4 is 32.3 Å². The van der Waals surface area contributed by atoms with Crippen molar-refractivity contribution in [3.63, 3.8) is 0 Å². The molecule has 282 valence electrons. The lowest BCUT2D eigenvalue weighted by molar-refractivity contribution is 0.260. The Balaban J connectivity index is 2.11. The second-order valence-corrected chi connectivity index (χ2v) is 13.2. The van der Waals surface area contributed by atoms with Crippen molar-refractivity contribution in [2.24, 2.45) is 0 Å². The van der Waals surface area contributed by atoms with Crippen LogP contribution in [0.25, 0.3) is 32.3 Å². The summed E-state index contributed by atoms with van der Waals surface area (Å²) in [5.74, 6) is 4.98. The van der Waals surface area contributed by atoms with Crippen molar-refractivity contribution in [3.8, 4) is 40.2 Å². The van der Waals surface area contributed by atoms with E-state index in [-0.39, 0.29) is 0 Å². The zero-order chi connectivity index (χ0) is 36.4. The lowest BCUT2D eigenvalue weighted by Gasteiger charge is -2.22. The lowest BCUT2D eigenvalue weighted by atomic mass is 9.92. The fraction of sp³-hybridized carbons (Fsp3) is 0.591. The van der Waals surface area contributed by atoms with Crippen molar-refractivity contribution in [1.29, 1.82) is 0 Å². The molecule has 0 radical (unpaired) electrons. The van der Waals surface area contributed by atoms with Gasteiger partial charge in [-0.3, -0.25) is 0 Å². The third-order valence-electron chi connectivity index (χ3n) is 9.12. The topological polar surface area (TPSA) is 64.6 Å². The molecule has 0 aliphatic carbocycles. The van der Waals surface area contributed by atoms with Crippen LogP contribution in [0.3, 0.4) is 0 Å². The Kier molecular flexibility index (Phi) is 16.9. The van der Waals surface area contributed by atoms with Gasteiger partial charge in [0.1, 0.15) is 0 Å². The summed E-state index contributed by atoms with van der Waals surface area (Å²) in [7, 11) is 0. The van der Waals surface area contributed by atoms with Gasteiger partial charge >= 0.3 is 0 Å². The fourth-order valence-electron chi connectivity index (χ4n) is 6.51. The molecule has 7 nitrogen and oxygen atoms in total. The largest absolute Gasteiger partial charge is 0.490 e. The molecule has 0 aliphatic heterocycles. The van der Waals surface area contributed by atoms with Gasteiger partial charge in [-0.25, -0.2) is 0 Å². The monoisotopic (exact) mass is 704 g/mol. The van der Waals surface area contributed by atoms with Gasteiger partial charge in [0.05, 0.1) is 46.2 Å². The molecule has 0 bridgehead atoms. The first-order valence-corrected chi connectivity index (χ1v) is 20.0. The number of fused-ring (bicyclic) bond motifs is 6. The summed E-state index contributed by atoms with van der Waals surface area (Å²) in [6, 6.07) is 10.7.